The second kappa shape index (κ2) is 4.67. The van der Waals surface area contributed by atoms with E-state index in [1.165, 1.54) is 6.42 Å². The molecule has 2 aliphatic heterocycles. The lowest BCUT2D eigenvalue weighted by molar-refractivity contribution is -0.141. The molecule has 22 heavy (non-hydrogen) atoms. The Labute approximate surface area is 130 Å². The van der Waals surface area contributed by atoms with Gasteiger partial charge in [-0.3, -0.25) is 4.79 Å². The first-order chi connectivity index (χ1) is 10.8. The van der Waals surface area contributed by atoms with Crippen LogP contribution in [-0.2, 0) is 4.79 Å². The molecule has 1 aromatic heterocycles. The molecular weight excluding hydrogens is 276 g/mol. The number of amides is 1. The molecule has 0 spiro atoms. The van der Waals surface area contributed by atoms with Crippen LogP contribution in [0.4, 0.5) is 0 Å². The molecule has 5 nitrogen and oxygen atoms in total. The lowest BCUT2D eigenvalue weighted by Gasteiger charge is -2.40. The van der Waals surface area contributed by atoms with E-state index in [0.717, 1.165) is 32.1 Å². The molecule has 0 radical (unpaired) electrons. The topological polar surface area (TPSA) is 51.0 Å². The highest BCUT2D eigenvalue weighted by Gasteiger charge is 2.49. The second-order valence-corrected chi connectivity index (χ2v) is 7.49. The quantitative estimate of drug-likeness (QED) is 0.786. The molecule has 5 unspecified atom stereocenters. The van der Waals surface area contributed by atoms with Crippen LogP contribution in [0.1, 0.15) is 44.6 Å². The monoisotopic (exact) mass is 298 g/mol. The maximum Gasteiger partial charge on any atom is 0.226 e. The van der Waals surface area contributed by atoms with E-state index in [2.05, 4.69) is 27.2 Å². The summed E-state index contributed by atoms with van der Waals surface area (Å²) in [5.41, 5.74) is 0. The minimum atomic E-state index is 0.262. The molecular formula is C17H22N4O. The molecule has 1 aromatic rings. The Morgan fingerprint density at radius 3 is 2.23 bits per heavy atom. The molecule has 1 saturated carbocycles. The number of hydrogen-bond donors (Lipinski definition) is 0. The number of carbonyl (C=O) groups excluding carboxylic acids is 1. The van der Waals surface area contributed by atoms with Gasteiger partial charge in [0, 0.05) is 18.0 Å². The molecule has 5 rings (SSSR count). The average Bonchev–Trinajstić information content (AvgIpc) is 3.30. The molecule has 5 atom stereocenters. The van der Waals surface area contributed by atoms with E-state index in [1.807, 2.05) is 4.80 Å². The van der Waals surface area contributed by atoms with Crippen molar-refractivity contribution in [2.24, 2.45) is 17.8 Å². The van der Waals surface area contributed by atoms with Crippen molar-refractivity contribution in [3.8, 4) is 0 Å². The van der Waals surface area contributed by atoms with Crippen LogP contribution in [-0.4, -0.2) is 37.9 Å². The molecule has 2 saturated heterocycles. The van der Waals surface area contributed by atoms with Crippen molar-refractivity contribution in [3.63, 3.8) is 0 Å². The van der Waals surface area contributed by atoms with Crippen molar-refractivity contribution in [2.45, 2.75) is 56.7 Å². The molecule has 4 bridgehead atoms. The predicted molar refractivity (Wildman–Crippen MR) is 80.8 cm³/mol. The average molecular weight is 298 g/mol. The van der Waals surface area contributed by atoms with Crippen LogP contribution in [0, 0.1) is 17.8 Å². The van der Waals surface area contributed by atoms with Gasteiger partial charge in [0.1, 0.15) is 0 Å². The Balaban J connectivity index is 1.35. The van der Waals surface area contributed by atoms with Crippen LogP contribution in [0.3, 0.4) is 0 Å². The summed E-state index contributed by atoms with van der Waals surface area (Å²) in [6, 6.07) is 1.19. The Kier molecular flexibility index (Phi) is 2.73. The summed E-state index contributed by atoms with van der Waals surface area (Å²) in [4.78, 5) is 17.2. The van der Waals surface area contributed by atoms with E-state index in [9.17, 15) is 4.79 Å². The SMILES string of the molecule is O=C(C1CC2C=CC1C2)N1C2CCC1CC(n1nccn1)C2. The van der Waals surface area contributed by atoms with Gasteiger partial charge in [0.15, 0.2) is 0 Å². The Morgan fingerprint density at radius 1 is 0.909 bits per heavy atom. The van der Waals surface area contributed by atoms with Gasteiger partial charge in [-0.15, -0.1) is 0 Å². The van der Waals surface area contributed by atoms with Crippen LogP contribution in [0.5, 0.6) is 0 Å². The standard InChI is InChI=1S/C17H22N4O/c22-17(16-8-11-1-2-12(16)7-11)20-13-3-4-14(20)10-15(9-13)21-18-5-6-19-21/h1-2,5-6,11-16H,3-4,7-10H2. The van der Waals surface area contributed by atoms with Gasteiger partial charge in [-0.05, 0) is 50.4 Å². The summed E-state index contributed by atoms with van der Waals surface area (Å²) in [6.07, 6.45) is 14.8. The zero-order valence-electron chi connectivity index (χ0n) is 12.7. The minimum absolute atomic E-state index is 0.262. The summed E-state index contributed by atoms with van der Waals surface area (Å²) >= 11 is 0. The van der Waals surface area contributed by atoms with Crippen molar-refractivity contribution in [1.29, 1.82) is 0 Å². The summed E-state index contributed by atoms with van der Waals surface area (Å²) < 4.78 is 0. The first-order valence-electron chi connectivity index (χ1n) is 8.66. The molecule has 4 aliphatic rings. The van der Waals surface area contributed by atoms with Crippen LogP contribution in [0.15, 0.2) is 24.5 Å². The maximum absolute atomic E-state index is 13.1. The van der Waals surface area contributed by atoms with E-state index in [1.54, 1.807) is 12.4 Å². The molecule has 3 fully saturated rings. The lowest BCUT2D eigenvalue weighted by Crippen LogP contribution is -2.50. The molecule has 0 aromatic carbocycles. The highest BCUT2D eigenvalue weighted by atomic mass is 16.2. The van der Waals surface area contributed by atoms with E-state index < -0.39 is 0 Å². The van der Waals surface area contributed by atoms with Gasteiger partial charge in [-0.25, -0.2) is 0 Å². The third-order valence-corrected chi connectivity index (χ3v) is 6.32. The summed E-state index contributed by atoms with van der Waals surface area (Å²) in [5, 5.41) is 8.62. The van der Waals surface area contributed by atoms with Crippen molar-refractivity contribution in [3.05, 3.63) is 24.5 Å². The highest BCUT2D eigenvalue weighted by Crippen LogP contribution is 2.47. The van der Waals surface area contributed by atoms with Gasteiger partial charge in [-0.2, -0.15) is 15.0 Å². The van der Waals surface area contributed by atoms with Gasteiger partial charge in [0.2, 0.25) is 5.91 Å². The highest BCUT2D eigenvalue weighted by molar-refractivity contribution is 5.81. The van der Waals surface area contributed by atoms with E-state index in [4.69, 9.17) is 0 Å². The number of aromatic nitrogens is 3. The number of piperidine rings is 1. The second-order valence-electron chi connectivity index (χ2n) is 7.49. The lowest BCUT2D eigenvalue weighted by atomic mass is 9.89. The van der Waals surface area contributed by atoms with Crippen molar-refractivity contribution in [1.82, 2.24) is 19.9 Å². The molecule has 0 N–H and O–H groups in total. The minimum Gasteiger partial charge on any atom is -0.336 e. The van der Waals surface area contributed by atoms with Crippen LogP contribution >= 0.6 is 0 Å². The molecule has 5 heteroatoms. The van der Waals surface area contributed by atoms with E-state index in [0.29, 0.717) is 35.9 Å². The molecule has 1 amide bonds. The maximum atomic E-state index is 13.1. The van der Waals surface area contributed by atoms with Gasteiger partial charge in [0.25, 0.3) is 0 Å². The van der Waals surface area contributed by atoms with Crippen LogP contribution in [0.2, 0.25) is 0 Å². The van der Waals surface area contributed by atoms with Crippen molar-refractivity contribution in [2.75, 3.05) is 0 Å². The third-order valence-electron chi connectivity index (χ3n) is 6.32. The smallest absolute Gasteiger partial charge is 0.226 e. The van der Waals surface area contributed by atoms with Gasteiger partial charge in [0.05, 0.1) is 18.4 Å². The first kappa shape index (κ1) is 12.9. The van der Waals surface area contributed by atoms with E-state index in [-0.39, 0.29) is 5.92 Å². The van der Waals surface area contributed by atoms with Crippen LogP contribution in [0.25, 0.3) is 0 Å². The zero-order chi connectivity index (χ0) is 14.7. The summed E-state index contributed by atoms with van der Waals surface area (Å²) in [6.45, 7) is 0. The fourth-order valence-corrected chi connectivity index (χ4v) is 5.37. The Hall–Kier alpha value is -1.65. The Bertz CT molecular complexity index is 596. The largest absolute Gasteiger partial charge is 0.336 e. The van der Waals surface area contributed by atoms with Crippen molar-refractivity contribution >= 4 is 5.91 Å². The number of hydrogen-bond acceptors (Lipinski definition) is 3. The third kappa shape index (κ3) is 1.80. The normalized spacial score (nSPS) is 42.3. The Morgan fingerprint density at radius 2 is 1.64 bits per heavy atom. The van der Waals surface area contributed by atoms with Crippen molar-refractivity contribution < 1.29 is 4.79 Å². The molecule has 2 aliphatic carbocycles. The number of carbonyl (C=O) groups is 1. The van der Waals surface area contributed by atoms with E-state index >= 15 is 0 Å². The number of allylic oxidation sites excluding steroid dienone is 2. The van der Waals surface area contributed by atoms with Gasteiger partial charge < -0.3 is 4.90 Å². The molecule has 3 heterocycles. The fourth-order valence-electron chi connectivity index (χ4n) is 5.37. The number of nitrogens with zero attached hydrogens (tertiary/aromatic N) is 4. The first-order valence-corrected chi connectivity index (χ1v) is 8.66. The number of fused-ring (bicyclic) bond motifs is 4. The number of rotatable bonds is 2. The van der Waals surface area contributed by atoms with Crippen LogP contribution < -0.4 is 0 Å². The summed E-state index contributed by atoms with van der Waals surface area (Å²) in [5.74, 6) is 1.89. The van der Waals surface area contributed by atoms with Gasteiger partial charge in [-0.1, -0.05) is 12.2 Å². The van der Waals surface area contributed by atoms with Gasteiger partial charge >= 0.3 is 0 Å². The fraction of sp³-hybridized carbons (Fsp3) is 0.706. The predicted octanol–water partition coefficient (Wildman–Crippen LogP) is 2.18. The zero-order valence-corrected chi connectivity index (χ0v) is 12.7. The molecule has 116 valence electrons. The summed E-state index contributed by atoms with van der Waals surface area (Å²) in [7, 11) is 0.